The first-order valence-electron chi connectivity index (χ1n) is 24.9. The zero-order valence-electron chi connectivity index (χ0n) is 40.3. The normalized spacial score (nSPS) is 12.1. The van der Waals surface area contributed by atoms with E-state index in [-0.39, 0.29) is 0 Å². The Morgan fingerprint density at radius 2 is 1.05 bits per heavy atom. The Morgan fingerprint density at radius 3 is 1.81 bits per heavy atom. The van der Waals surface area contributed by atoms with Gasteiger partial charge in [-0.25, -0.2) is 0 Å². The number of anilines is 3. The maximum atomic E-state index is 4.79. The van der Waals surface area contributed by atoms with Crippen molar-refractivity contribution >= 4 is 93.4 Å². The van der Waals surface area contributed by atoms with Gasteiger partial charge in [-0.3, -0.25) is 9.97 Å². The molecule has 0 aliphatic rings. The molecule has 13 rings (SSSR count). The molecule has 4 heteroatoms. The lowest BCUT2D eigenvalue weighted by atomic mass is 9.82. The molecule has 0 amide bonds. The molecule has 0 saturated heterocycles. The van der Waals surface area contributed by atoms with Crippen LogP contribution in [0.15, 0.2) is 268 Å². The first-order valence-corrected chi connectivity index (χ1v) is 24.9. The van der Waals surface area contributed by atoms with E-state index in [0.717, 1.165) is 116 Å². The largest absolute Gasteiger partial charge is 0.310 e. The summed E-state index contributed by atoms with van der Waals surface area (Å²) < 4.78 is 2.38. The molecule has 10 aromatic carbocycles. The van der Waals surface area contributed by atoms with Crippen LogP contribution >= 0.6 is 0 Å². The van der Waals surface area contributed by atoms with E-state index in [2.05, 4.69) is 254 Å². The number of aromatic nitrogens is 3. The average Bonchev–Trinajstić information content (AvgIpc) is 3.79. The summed E-state index contributed by atoms with van der Waals surface area (Å²) in [7, 11) is 0. The van der Waals surface area contributed by atoms with Gasteiger partial charge in [-0.2, -0.15) is 0 Å². The molecular weight excluding hydrogens is 885 g/mol. The number of para-hydroxylation sites is 3. The van der Waals surface area contributed by atoms with Gasteiger partial charge in [0.25, 0.3) is 0 Å². The molecule has 0 saturated carbocycles. The van der Waals surface area contributed by atoms with Crippen molar-refractivity contribution in [2.75, 3.05) is 4.90 Å². The Morgan fingerprint density at radius 1 is 0.452 bits per heavy atom. The molecule has 0 aliphatic heterocycles. The van der Waals surface area contributed by atoms with E-state index in [9.17, 15) is 0 Å². The van der Waals surface area contributed by atoms with Crippen LogP contribution in [0, 0.1) is 0 Å². The van der Waals surface area contributed by atoms with Crippen molar-refractivity contribution in [3.8, 4) is 27.9 Å². The molecule has 73 heavy (non-hydrogen) atoms. The summed E-state index contributed by atoms with van der Waals surface area (Å²) in [4.78, 5) is 12.0. The Labute approximate surface area is 424 Å². The number of fused-ring (bicyclic) bond motifs is 7. The predicted molar refractivity (Wildman–Crippen MR) is 310 cm³/mol. The van der Waals surface area contributed by atoms with Crippen molar-refractivity contribution in [3.63, 3.8) is 0 Å². The van der Waals surface area contributed by atoms with Crippen LogP contribution in [0.1, 0.15) is 18.1 Å². The molecule has 13 aromatic rings. The van der Waals surface area contributed by atoms with Crippen LogP contribution in [0.25, 0.3) is 104 Å². The van der Waals surface area contributed by atoms with Gasteiger partial charge in [0.2, 0.25) is 0 Å². The Bertz CT molecular complexity index is 4350. The number of rotatable bonds is 10. The van der Waals surface area contributed by atoms with Gasteiger partial charge in [-0.05, 0) is 158 Å². The molecule has 3 heterocycles. The molecule has 0 spiro atoms. The van der Waals surface area contributed by atoms with Gasteiger partial charge in [0.1, 0.15) is 0 Å². The summed E-state index contributed by atoms with van der Waals surface area (Å²) in [6, 6.07) is 83.3. The van der Waals surface area contributed by atoms with Crippen molar-refractivity contribution in [2.24, 2.45) is 0 Å². The third kappa shape index (κ3) is 7.47. The summed E-state index contributed by atoms with van der Waals surface area (Å²) in [5, 5.41) is 9.14. The molecule has 0 fully saturated rings. The lowest BCUT2D eigenvalue weighted by Crippen LogP contribution is -2.10. The van der Waals surface area contributed by atoms with E-state index in [4.69, 9.17) is 9.97 Å². The molecule has 0 atom stereocenters. The molecule has 4 nitrogen and oxygen atoms in total. The fraction of sp³-hybridized carbons (Fsp3) is 0.0145. The van der Waals surface area contributed by atoms with Crippen molar-refractivity contribution in [3.05, 3.63) is 279 Å². The van der Waals surface area contributed by atoms with Crippen LogP contribution in [-0.4, -0.2) is 14.5 Å². The summed E-state index contributed by atoms with van der Waals surface area (Å²) >= 11 is 0. The minimum atomic E-state index is 0.949. The highest BCUT2D eigenvalue weighted by Gasteiger charge is 2.24. The standard InChI is InChI=1S/C69H48N4/c1-3-19-55(48-34-32-46-20-17-40-70-64(46)42-48)54(4-2)68-59-29-13-14-30-60(59)69(58-28-12-11-26-56(58)49-35-33-47-21-18-41-71-65(47)43-49)63-45-52(36-38-61(63)68)72(50-22-7-5-8-23-50)53-37-39-67-62(44-53)57-27-15-16-31-66(57)73(67)51-24-9-6-10-25-51/h3-45H,2H2,1H3/b19-3-,55-54-. The number of pyridine rings is 2. The van der Waals surface area contributed by atoms with Gasteiger partial charge in [-0.1, -0.05) is 170 Å². The van der Waals surface area contributed by atoms with Crippen LogP contribution in [-0.2, 0) is 0 Å². The lowest BCUT2D eigenvalue weighted by molar-refractivity contribution is 1.18. The monoisotopic (exact) mass is 932 g/mol. The highest BCUT2D eigenvalue weighted by atomic mass is 15.1. The van der Waals surface area contributed by atoms with Gasteiger partial charge < -0.3 is 9.47 Å². The number of benzene rings is 10. The topological polar surface area (TPSA) is 34.0 Å². The molecular formula is C69H48N4. The average molecular weight is 933 g/mol. The van der Waals surface area contributed by atoms with Crippen LogP contribution in [0.3, 0.4) is 0 Å². The quantitative estimate of drug-likeness (QED) is 0.0778. The molecule has 3 aromatic heterocycles. The van der Waals surface area contributed by atoms with Crippen LogP contribution in [0.5, 0.6) is 0 Å². The van der Waals surface area contributed by atoms with Gasteiger partial charge in [0.15, 0.2) is 0 Å². The SMILES string of the molecule is C=C/C(=C(\C=C/C)c1ccc2cccnc2c1)c1c2ccccc2c(-c2ccccc2-c2ccc3cccnc3c2)c2cc(N(c3ccccc3)c3ccc4c(c3)c3ccccc3n4-c3ccccc3)ccc12. The maximum absolute atomic E-state index is 4.79. The second kappa shape index (κ2) is 18.3. The van der Waals surface area contributed by atoms with Crippen LogP contribution in [0.4, 0.5) is 17.1 Å². The van der Waals surface area contributed by atoms with Gasteiger partial charge in [0, 0.05) is 56.7 Å². The van der Waals surface area contributed by atoms with Gasteiger partial charge >= 0.3 is 0 Å². The Hall–Kier alpha value is -9.64. The molecule has 0 N–H and O–H groups in total. The van der Waals surface area contributed by atoms with E-state index >= 15 is 0 Å². The third-order valence-electron chi connectivity index (χ3n) is 14.3. The molecule has 0 bridgehead atoms. The minimum absolute atomic E-state index is 0.949. The number of nitrogens with zero attached hydrogens (tertiary/aromatic N) is 4. The van der Waals surface area contributed by atoms with Crippen molar-refractivity contribution in [1.82, 2.24) is 14.5 Å². The zero-order chi connectivity index (χ0) is 48.8. The summed E-state index contributed by atoms with van der Waals surface area (Å²) in [5.41, 5.74) is 17.4. The summed E-state index contributed by atoms with van der Waals surface area (Å²) in [5.74, 6) is 0. The minimum Gasteiger partial charge on any atom is -0.310 e. The predicted octanol–water partition coefficient (Wildman–Crippen LogP) is 18.7. The van der Waals surface area contributed by atoms with E-state index in [1.54, 1.807) is 0 Å². The first-order chi connectivity index (χ1) is 36.1. The molecule has 0 aliphatic carbocycles. The van der Waals surface area contributed by atoms with E-state index in [1.807, 2.05) is 30.6 Å². The molecule has 0 radical (unpaired) electrons. The van der Waals surface area contributed by atoms with Crippen molar-refractivity contribution in [1.29, 1.82) is 0 Å². The van der Waals surface area contributed by atoms with E-state index in [0.29, 0.717) is 0 Å². The lowest BCUT2D eigenvalue weighted by Gasteiger charge is -2.27. The third-order valence-corrected chi connectivity index (χ3v) is 14.3. The second-order valence-corrected chi connectivity index (χ2v) is 18.5. The smallest absolute Gasteiger partial charge is 0.0708 e. The Balaban J connectivity index is 1.12. The highest BCUT2D eigenvalue weighted by Crippen LogP contribution is 2.49. The van der Waals surface area contributed by atoms with Crippen LogP contribution in [0.2, 0.25) is 0 Å². The second-order valence-electron chi connectivity index (χ2n) is 18.5. The number of hydrogen-bond donors (Lipinski definition) is 0. The van der Waals surface area contributed by atoms with Gasteiger partial charge in [0.05, 0.1) is 22.1 Å². The highest BCUT2D eigenvalue weighted by molar-refractivity contribution is 6.24. The maximum Gasteiger partial charge on any atom is 0.0708 e. The Kier molecular flexibility index (Phi) is 10.9. The molecule has 344 valence electrons. The summed E-state index contributed by atoms with van der Waals surface area (Å²) in [6.45, 7) is 6.65. The van der Waals surface area contributed by atoms with Crippen LogP contribution < -0.4 is 4.90 Å². The first kappa shape index (κ1) is 43.4. The summed E-state index contributed by atoms with van der Waals surface area (Å²) in [6.07, 6.45) is 10.1. The van der Waals surface area contributed by atoms with Gasteiger partial charge in [-0.15, -0.1) is 0 Å². The molecule has 0 unspecified atom stereocenters. The number of allylic oxidation sites excluding steroid dienone is 5. The van der Waals surface area contributed by atoms with Crippen molar-refractivity contribution < 1.29 is 0 Å². The van der Waals surface area contributed by atoms with E-state index in [1.165, 1.54) is 16.3 Å². The number of hydrogen-bond acceptors (Lipinski definition) is 3. The fourth-order valence-corrected chi connectivity index (χ4v) is 11.1. The fourth-order valence-electron chi connectivity index (χ4n) is 11.1. The zero-order valence-corrected chi connectivity index (χ0v) is 40.3. The van der Waals surface area contributed by atoms with Crippen molar-refractivity contribution in [2.45, 2.75) is 6.92 Å². The van der Waals surface area contributed by atoms with E-state index < -0.39 is 0 Å².